The van der Waals surface area contributed by atoms with Crippen LogP contribution in [0, 0.1) is 0 Å². The Morgan fingerprint density at radius 3 is 2.62 bits per heavy atom. The number of aromatic nitrogens is 3. The number of nitrogens with zero attached hydrogens (tertiary/aromatic N) is 2. The highest BCUT2D eigenvalue weighted by molar-refractivity contribution is 7.87. The molecule has 3 aromatic rings. The first kappa shape index (κ1) is 13.6. The van der Waals surface area contributed by atoms with Crippen LogP contribution in [-0.4, -0.2) is 28.9 Å². The number of nitrogens with one attached hydrogen (secondary N) is 1. The molecule has 6 nitrogen and oxygen atoms in total. The Kier molecular flexibility index (Phi) is 2.80. The van der Waals surface area contributed by atoms with E-state index in [1.165, 1.54) is 12.3 Å². The van der Waals surface area contributed by atoms with Crippen molar-refractivity contribution >= 4 is 32.1 Å². The molecule has 1 N–H and O–H groups in total. The van der Waals surface area contributed by atoms with Gasteiger partial charge in [0.25, 0.3) is 0 Å². The number of fused-ring (bicyclic) bond motifs is 3. The fraction of sp³-hybridized carbons (Fsp3) is 0.0909. The minimum absolute atomic E-state index is 0.202. The van der Waals surface area contributed by atoms with Crippen LogP contribution in [-0.2, 0) is 10.1 Å². The largest absolute Gasteiger partial charge is 0.534 e. The molecule has 3 aromatic heterocycles. The van der Waals surface area contributed by atoms with E-state index in [1.54, 1.807) is 12.3 Å². The Morgan fingerprint density at radius 1 is 1.14 bits per heavy atom. The summed E-state index contributed by atoms with van der Waals surface area (Å²) >= 11 is 0. The number of hydrogen-bond donors (Lipinski definition) is 1. The van der Waals surface area contributed by atoms with Gasteiger partial charge in [0.05, 0.1) is 5.52 Å². The summed E-state index contributed by atoms with van der Waals surface area (Å²) in [6.07, 6.45) is 3.09. The average molecular weight is 317 g/mol. The van der Waals surface area contributed by atoms with Crippen molar-refractivity contribution in [2.45, 2.75) is 5.51 Å². The Morgan fingerprint density at radius 2 is 1.90 bits per heavy atom. The van der Waals surface area contributed by atoms with Crippen molar-refractivity contribution in [1.82, 2.24) is 15.0 Å². The van der Waals surface area contributed by atoms with Crippen LogP contribution in [0.2, 0.25) is 0 Å². The number of alkyl halides is 3. The fourth-order valence-corrected chi connectivity index (χ4v) is 2.22. The number of halogens is 3. The van der Waals surface area contributed by atoms with Crippen molar-refractivity contribution in [2.75, 3.05) is 0 Å². The smallest absolute Gasteiger partial charge is 0.355 e. The lowest BCUT2D eigenvalue weighted by atomic mass is 10.2. The molecule has 0 saturated carbocycles. The standard InChI is InChI=1S/C11H6F3N3O3S/c12-11(13,14)21(18,19)20-9-2-1-6-7-5-15-4-3-8(7)16-10(6)17-9/h1-5H,(H,16,17). The number of rotatable bonds is 2. The highest BCUT2D eigenvalue weighted by atomic mass is 32.2. The topological polar surface area (TPSA) is 84.9 Å². The molecule has 3 heterocycles. The van der Waals surface area contributed by atoms with E-state index >= 15 is 0 Å². The fourth-order valence-electron chi connectivity index (χ4n) is 1.81. The average Bonchev–Trinajstić information content (AvgIpc) is 2.74. The minimum Gasteiger partial charge on any atom is -0.355 e. The van der Waals surface area contributed by atoms with Gasteiger partial charge in [-0.05, 0) is 12.1 Å². The van der Waals surface area contributed by atoms with Gasteiger partial charge in [0.15, 0.2) is 0 Å². The van der Waals surface area contributed by atoms with Gasteiger partial charge >= 0.3 is 15.6 Å². The van der Waals surface area contributed by atoms with E-state index in [1.807, 2.05) is 0 Å². The van der Waals surface area contributed by atoms with Gasteiger partial charge in [0.2, 0.25) is 5.88 Å². The maximum atomic E-state index is 12.2. The lowest BCUT2D eigenvalue weighted by molar-refractivity contribution is -0.0501. The maximum Gasteiger partial charge on any atom is 0.534 e. The van der Waals surface area contributed by atoms with Crippen molar-refractivity contribution in [2.24, 2.45) is 0 Å². The van der Waals surface area contributed by atoms with Crippen LogP contribution >= 0.6 is 0 Å². The highest BCUT2D eigenvalue weighted by Gasteiger charge is 2.48. The Hall–Kier alpha value is -2.36. The molecule has 0 fully saturated rings. The molecule has 0 aliphatic rings. The van der Waals surface area contributed by atoms with Crippen LogP contribution in [0.1, 0.15) is 0 Å². The minimum atomic E-state index is -5.74. The quantitative estimate of drug-likeness (QED) is 0.579. The van der Waals surface area contributed by atoms with E-state index in [4.69, 9.17) is 0 Å². The molecule has 10 heteroatoms. The zero-order chi connectivity index (χ0) is 15.3. The van der Waals surface area contributed by atoms with E-state index in [0.29, 0.717) is 16.3 Å². The predicted molar refractivity (Wildman–Crippen MR) is 67.0 cm³/mol. The molecule has 0 amide bonds. The molecule has 3 rings (SSSR count). The molecule has 0 atom stereocenters. The van der Waals surface area contributed by atoms with Crippen LogP contribution in [0.25, 0.3) is 21.9 Å². The molecule has 0 saturated heterocycles. The summed E-state index contributed by atoms with van der Waals surface area (Å²) < 4.78 is 62.5. The maximum absolute atomic E-state index is 12.2. The van der Waals surface area contributed by atoms with Crippen LogP contribution in [0.3, 0.4) is 0 Å². The van der Waals surface area contributed by atoms with Gasteiger partial charge in [-0.15, -0.1) is 0 Å². The van der Waals surface area contributed by atoms with Crippen molar-refractivity contribution in [3.8, 4) is 5.88 Å². The molecule has 0 aromatic carbocycles. The second-order valence-corrected chi connectivity index (χ2v) is 5.61. The van der Waals surface area contributed by atoms with Gasteiger partial charge < -0.3 is 9.17 Å². The normalized spacial score (nSPS) is 12.9. The van der Waals surface area contributed by atoms with Crippen molar-refractivity contribution in [3.63, 3.8) is 0 Å². The molecular formula is C11H6F3N3O3S. The van der Waals surface area contributed by atoms with E-state index in [0.717, 1.165) is 6.07 Å². The van der Waals surface area contributed by atoms with E-state index in [2.05, 4.69) is 19.1 Å². The van der Waals surface area contributed by atoms with Gasteiger partial charge in [-0.25, -0.2) is 0 Å². The number of H-pyrrole nitrogens is 1. The molecule has 0 aliphatic carbocycles. The van der Waals surface area contributed by atoms with Gasteiger partial charge in [-0.3, -0.25) is 4.98 Å². The first-order valence-electron chi connectivity index (χ1n) is 5.51. The summed E-state index contributed by atoms with van der Waals surface area (Å²) in [6.45, 7) is 0. The van der Waals surface area contributed by atoms with Crippen molar-refractivity contribution in [3.05, 3.63) is 30.6 Å². The Balaban J connectivity index is 2.08. The third-order valence-electron chi connectivity index (χ3n) is 2.71. The van der Waals surface area contributed by atoms with Crippen LogP contribution in [0.5, 0.6) is 5.88 Å². The molecule has 0 unspecified atom stereocenters. The second kappa shape index (κ2) is 4.32. The SMILES string of the molecule is O=S(=O)(Oc1ccc2c(n1)[nH]c1ccncc12)C(F)(F)F. The zero-order valence-corrected chi connectivity index (χ0v) is 10.9. The Labute approximate surface area is 115 Å². The van der Waals surface area contributed by atoms with Gasteiger partial charge in [0.1, 0.15) is 5.65 Å². The number of pyridine rings is 2. The third kappa shape index (κ3) is 2.27. The highest BCUT2D eigenvalue weighted by Crippen LogP contribution is 2.29. The van der Waals surface area contributed by atoms with Crippen LogP contribution in [0.15, 0.2) is 30.6 Å². The molecule has 0 radical (unpaired) electrons. The lowest BCUT2D eigenvalue weighted by Gasteiger charge is -2.08. The summed E-state index contributed by atoms with van der Waals surface area (Å²) in [6, 6.07) is 4.11. The second-order valence-electron chi connectivity index (χ2n) is 4.08. The molecule has 21 heavy (non-hydrogen) atoms. The van der Waals surface area contributed by atoms with Crippen molar-refractivity contribution < 1.29 is 25.8 Å². The van der Waals surface area contributed by atoms with Crippen LogP contribution in [0.4, 0.5) is 13.2 Å². The van der Waals surface area contributed by atoms with Crippen LogP contribution < -0.4 is 4.18 Å². The Bertz CT molecular complexity index is 934. The zero-order valence-electron chi connectivity index (χ0n) is 10.0. The van der Waals surface area contributed by atoms with Gasteiger partial charge in [0, 0.05) is 29.2 Å². The molecule has 0 aliphatic heterocycles. The van der Waals surface area contributed by atoms with Crippen molar-refractivity contribution in [1.29, 1.82) is 0 Å². The summed E-state index contributed by atoms with van der Waals surface area (Å²) in [4.78, 5) is 10.5. The summed E-state index contributed by atoms with van der Waals surface area (Å²) in [7, 11) is -5.74. The van der Waals surface area contributed by atoms with E-state index in [9.17, 15) is 21.6 Å². The lowest BCUT2D eigenvalue weighted by Crippen LogP contribution is -2.28. The van der Waals surface area contributed by atoms with E-state index in [-0.39, 0.29) is 5.65 Å². The summed E-state index contributed by atoms with van der Waals surface area (Å²) in [5.41, 5.74) is -4.63. The van der Waals surface area contributed by atoms with E-state index < -0.39 is 21.5 Å². The molecule has 0 spiro atoms. The number of aromatic amines is 1. The first-order chi connectivity index (χ1) is 9.78. The monoisotopic (exact) mass is 317 g/mol. The number of hydrogen-bond acceptors (Lipinski definition) is 5. The molecule has 0 bridgehead atoms. The summed E-state index contributed by atoms with van der Waals surface area (Å²) in [5.74, 6) is -0.667. The molecule has 110 valence electrons. The predicted octanol–water partition coefficient (Wildman–Crippen LogP) is 2.34. The summed E-state index contributed by atoms with van der Waals surface area (Å²) in [5, 5.41) is 1.31. The van der Waals surface area contributed by atoms with Gasteiger partial charge in [-0.2, -0.15) is 26.6 Å². The van der Waals surface area contributed by atoms with Gasteiger partial charge in [-0.1, -0.05) is 0 Å². The molecular weight excluding hydrogens is 311 g/mol. The first-order valence-corrected chi connectivity index (χ1v) is 6.92. The third-order valence-corrected chi connectivity index (χ3v) is 3.67.